The van der Waals surface area contributed by atoms with Gasteiger partial charge in [0.2, 0.25) is 11.8 Å². The van der Waals surface area contributed by atoms with Crippen molar-refractivity contribution in [3.8, 4) is 5.75 Å². The van der Waals surface area contributed by atoms with Crippen LogP contribution in [0.5, 0.6) is 5.75 Å². The third kappa shape index (κ3) is 8.24. The lowest BCUT2D eigenvalue weighted by Gasteiger charge is -2.33. The quantitative estimate of drug-likeness (QED) is 0.258. The first-order chi connectivity index (χ1) is 19.4. The first-order valence-corrected chi connectivity index (χ1v) is 15.8. The molecule has 2 amide bonds. The number of carbonyl (C=O) groups excluding carboxylic acids is 2. The van der Waals surface area contributed by atoms with Crippen LogP contribution in [0.4, 0.5) is 5.69 Å². The van der Waals surface area contributed by atoms with Crippen molar-refractivity contribution >= 4 is 55.1 Å². The van der Waals surface area contributed by atoms with Gasteiger partial charge in [0.05, 0.1) is 22.2 Å². The average molecular weight is 665 g/mol. The van der Waals surface area contributed by atoms with E-state index in [1.165, 1.54) is 24.1 Å². The summed E-state index contributed by atoms with van der Waals surface area (Å²) in [6.07, 6.45) is 0.334. The normalized spacial score (nSPS) is 12.1. The molecular weight excluding hydrogens is 630 g/mol. The Hall–Kier alpha value is -3.08. The summed E-state index contributed by atoms with van der Waals surface area (Å²) >= 11 is 9.42. The summed E-state index contributed by atoms with van der Waals surface area (Å²) in [7, 11) is -2.72. The number of amides is 2. The molecule has 0 aliphatic rings. The molecule has 1 N–H and O–H groups in total. The molecule has 0 bridgehead atoms. The lowest BCUT2D eigenvalue weighted by molar-refractivity contribution is -0.140. The van der Waals surface area contributed by atoms with E-state index in [-0.39, 0.29) is 23.4 Å². The smallest absolute Gasteiger partial charge is 0.264 e. The molecule has 0 unspecified atom stereocenters. The predicted molar refractivity (Wildman–Crippen MR) is 166 cm³/mol. The predicted octanol–water partition coefficient (Wildman–Crippen LogP) is 5.95. The fourth-order valence-electron chi connectivity index (χ4n) is 4.26. The minimum atomic E-state index is -4.21. The summed E-state index contributed by atoms with van der Waals surface area (Å²) in [6, 6.07) is 17.3. The van der Waals surface area contributed by atoms with Crippen molar-refractivity contribution in [2.24, 2.45) is 0 Å². The van der Waals surface area contributed by atoms with E-state index in [4.69, 9.17) is 16.3 Å². The molecule has 0 heterocycles. The number of ether oxygens (including phenoxy) is 1. The first kappa shape index (κ1) is 32.4. The SMILES string of the molecule is CC[C@@H](C(=O)NC(C)C)N(Cc1ccc(Cl)cc1)C(=O)CN(c1ccc(C)cc1)S(=O)(=O)c1ccc(OC)c(Br)c1. The highest BCUT2D eigenvalue weighted by Gasteiger charge is 2.34. The highest BCUT2D eigenvalue weighted by Crippen LogP contribution is 2.31. The zero-order chi connectivity index (χ0) is 30.3. The monoisotopic (exact) mass is 663 g/mol. The van der Waals surface area contributed by atoms with Gasteiger partial charge in [-0.25, -0.2) is 8.42 Å². The summed E-state index contributed by atoms with van der Waals surface area (Å²) in [6.45, 7) is 6.96. The maximum atomic E-state index is 14.1. The van der Waals surface area contributed by atoms with Crippen LogP contribution in [-0.2, 0) is 26.2 Å². The lowest BCUT2D eigenvalue weighted by Crippen LogP contribution is -2.53. The largest absolute Gasteiger partial charge is 0.496 e. The van der Waals surface area contributed by atoms with Gasteiger partial charge in [-0.15, -0.1) is 0 Å². The van der Waals surface area contributed by atoms with E-state index in [1.54, 1.807) is 54.6 Å². The van der Waals surface area contributed by atoms with E-state index in [1.807, 2.05) is 27.7 Å². The van der Waals surface area contributed by atoms with Crippen molar-refractivity contribution in [1.82, 2.24) is 10.2 Å². The van der Waals surface area contributed by atoms with E-state index < -0.39 is 28.5 Å². The number of methoxy groups -OCH3 is 1. The van der Waals surface area contributed by atoms with Gasteiger partial charge < -0.3 is 15.0 Å². The minimum absolute atomic E-state index is 0.0209. The molecule has 3 aromatic carbocycles. The number of hydrogen-bond donors (Lipinski definition) is 1. The van der Waals surface area contributed by atoms with Gasteiger partial charge in [0.15, 0.2) is 0 Å². The zero-order valence-corrected chi connectivity index (χ0v) is 26.9. The Morgan fingerprint density at radius 2 is 1.66 bits per heavy atom. The highest BCUT2D eigenvalue weighted by molar-refractivity contribution is 9.10. The third-order valence-corrected chi connectivity index (χ3v) is 9.04. The second-order valence-corrected chi connectivity index (χ2v) is 13.0. The molecule has 0 aliphatic heterocycles. The van der Waals surface area contributed by atoms with E-state index in [2.05, 4.69) is 21.2 Å². The molecule has 41 heavy (non-hydrogen) atoms. The summed E-state index contributed by atoms with van der Waals surface area (Å²) < 4.78 is 34.9. The molecule has 1 atom stereocenters. The van der Waals surface area contributed by atoms with Crippen molar-refractivity contribution in [3.63, 3.8) is 0 Å². The Balaban J connectivity index is 2.08. The number of rotatable bonds is 12. The van der Waals surface area contributed by atoms with Gasteiger partial charge in [0.25, 0.3) is 10.0 Å². The molecule has 0 saturated carbocycles. The van der Waals surface area contributed by atoms with Gasteiger partial charge in [-0.1, -0.05) is 48.4 Å². The number of aryl methyl sites for hydroxylation is 1. The van der Waals surface area contributed by atoms with E-state index in [0.29, 0.717) is 27.4 Å². The number of halogens is 2. The molecule has 8 nitrogen and oxygen atoms in total. The summed E-state index contributed by atoms with van der Waals surface area (Å²) in [4.78, 5) is 28.7. The average Bonchev–Trinajstić information content (AvgIpc) is 2.92. The standard InChI is InChI=1S/C30H35BrClN3O5S/c1-6-27(30(37)33-20(2)3)34(18-22-9-11-23(32)12-10-22)29(36)19-35(24-13-7-21(4)8-14-24)41(38,39)25-15-16-28(40-5)26(31)17-25/h7-17,20,27H,6,18-19H2,1-5H3,(H,33,37)/t27-/m0/s1. The van der Waals surface area contributed by atoms with Gasteiger partial charge in [0, 0.05) is 17.6 Å². The number of carbonyl (C=O) groups is 2. The van der Waals surface area contributed by atoms with Crippen molar-refractivity contribution in [2.45, 2.75) is 57.6 Å². The van der Waals surface area contributed by atoms with Crippen LogP contribution in [0.3, 0.4) is 0 Å². The Morgan fingerprint density at radius 3 is 2.20 bits per heavy atom. The van der Waals surface area contributed by atoms with Crippen LogP contribution >= 0.6 is 27.5 Å². The second kappa shape index (κ2) is 14.2. The molecule has 3 aromatic rings. The summed E-state index contributed by atoms with van der Waals surface area (Å²) in [5, 5.41) is 3.43. The van der Waals surface area contributed by atoms with Gasteiger partial charge in [0.1, 0.15) is 18.3 Å². The van der Waals surface area contributed by atoms with Crippen LogP contribution in [0.15, 0.2) is 76.1 Å². The summed E-state index contributed by atoms with van der Waals surface area (Å²) in [5.74, 6) is -0.367. The molecule has 0 radical (unpaired) electrons. The fourth-order valence-corrected chi connectivity index (χ4v) is 6.52. The van der Waals surface area contributed by atoms with E-state index in [9.17, 15) is 18.0 Å². The Bertz CT molecular complexity index is 1460. The minimum Gasteiger partial charge on any atom is -0.496 e. The molecule has 11 heteroatoms. The molecule has 3 rings (SSSR count). The number of benzene rings is 3. The number of sulfonamides is 1. The maximum Gasteiger partial charge on any atom is 0.264 e. The lowest BCUT2D eigenvalue weighted by atomic mass is 10.1. The Kier molecular flexibility index (Phi) is 11.2. The molecule has 220 valence electrons. The number of anilines is 1. The number of hydrogen-bond acceptors (Lipinski definition) is 5. The van der Waals surface area contributed by atoms with E-state index >= 15 is 0 Å². The Morgan fingerprint density at radius 1 is 1.02 bits per heavy atom. The third-order valence-electron chi connectivity index (χ3n) is 6.40. The molecule has 0 aliphatic carbocycles. The fraction of sp³-hybridized carbons (Fsp3) is 0.333. The molecule has 0 aromatic heterocycles. The van der Waals surface area contributed by atoms with Crippen molar-refractivity contribution < 1.29 is 22.7 Å². The maximum absolute atomic E-state index is 14.1. The van der Waals surface area contributed by atoms with Crippen LogP contribution in [-0.4, -0.2) is 50.9 Å². The van der Waals surface area contributed by atoms with Gasteiger partial charge in [-0.2, -0.15) is 0 Å². The van der Waals surface area contributed by atoms with Crippen molar-refractivity contribution in [2.75, 3.05) is 18.0 Å². The molecular formula is C30H35BrClN3O5S. The van der Waals surface area contributed by atoms with Gasteiger partial charge in [-0.05, 0) is 91.1 Å². The van der Waals surface area contributed by atoms with Crippen molar-refractivity contribution in [1.29, 1.82) is 0 Å². The zero-order valence-electron chi connectivity index (χ0n) is 23.7. The topological polar surface area (TPSA) is 96.0 Å². The van der Waals surface area contributed by atoms with Crippen LogP contribution in [0.1, 0.15) is 38.3 Å². The number of nitrogens with zero attached hydrogens (tertiary/aromatic N) is 2. The Labute approximate surface area is 255 Å². The molecule has 0 saturated heterocycles. The second-order valence-electron chi connectivity index (χ2n) is 9.88. The van der Waals surface area contributed by atoms with E-state index in [0.717, 1.165) is 15.4 Å². The van der Waals surface area contributed by atoms with Crippen LogP contribution < -0.4 is 14.4 Å². The van der Waals surface area contributed by atoms with Crippen LogP contribution in [0.25, 0.3) is 0 Å². The van der Waals surface area contributed by atoms with Gasteiger partial charge in [-0.3, -0.25) is 13.9 Å². The van der Waals surface area contributed by atoms with Crippen LogP contribution in [0.2, 0.25) is 5.02 Å². The molecule has 0 fully saturated rings. The first-order valence-electron chi connectivity index (χ1n) is 13.1. The van der Waals surface area contributed by atoms with Gasteiger partial charge >= 0.3 is 0 Å². The summed E-state index contributed by atoms with van der Waals surface area (Å²) in [5.41, 5.74) is 2.01. The molecule has 0 spiro atoms. The highest BCUT2D eigenvalue weighted by atomic mass is 79.9. The van der Waals surface area contributed by atoms with Crippen LogP contribution in [0, 0.1) is 6.92 Å². The van der Waals surface area contributed by atoms with Crippen molar-refractivity contribution in [3.05, 3.63) is 87.4 Å². The number of nitrogens with one attached hydrogen (secondary N) is 1.